The quantitative estimate of drug-likeness (QED) is 0.728. The van der Waals surface area contributed by atoms with Crippen molar-refractivity contribution < 1.29 is 14.3 Å². The van der Waals surface area contributed by atoms with Crippen LogP contribution in [0.25, 0.3) is 16.6 Å². The van der Waals surface area contributed by atoms with Gasteiger partial charge < -0.3 is 4.74 Å². The Morgan fingerprint density at radius 3 is 2.52 bits per heavy atom. The Kier molecular flexibility index (Phi) is 4.27. The number of para-hydroxylation sites is 1. The number of fused-ring (bicyclic) bond motifs is 1. The van der Waals surface area contributed by atoms with Gasteiger partial charge in [-0.1, -0.05) is 18.2 Å². The summed E-state index contributed by atoms with van der Waals surface area (Å²) >= 11 is 0. The van der Waals surface area contributed by atoms with Crippen LogP contribution in [0, 0.1) is 0 Å². The van der Waals surface area contributed by atoms with Gasteiger partial charge in [-0.15, -0.1) is 0 Å². The van der Waals surface area contributed by atoms with Crippen molar-refractivity contribution >= 4 is 29.1 Å². The van der Waals surface area contributed by atoms with E-state index >= 15 is 0 Å². The molecule has 1 amide bonds. The highest BCUT2D eigenvalue weighted by Crippen LogP contribution is 2.28. The molecule has 1 heterocycles. The van der Waals surface area contributed by atoms with Crippen molar-refractivity contribution in [1.29, 1.82) is 0 Å². The number of nitrogens with one attached hydrogen (secondary N) is 1. The van der Waals surface area contributed by atoms with Crippen molar-refractivity contribution in [3.63, 3.8) is 0 Å². The van der Waals surface area contributed by atoms with Crippen LogP contribution in [-0.4, -0.2) is 27.8 Å². The van der Waals surface area contributed by atoms with Crippen LogP contribution in [-0.2, 0) is 4.74 Å². The van der Waals surface area contributed by atoms with Crippen molar-refractivity contribution in [2.75, 3.05) is 5.32 Å². The fourth-order valence-corrected chi connectivity index (χ4v) is 2.45. The van der Waals surface area contributed by atoms with Gasteiger partial charge in [0, 0.05) is 10.9 Å². The van der Waals surface area contributed by atoms with Crippen LogP contribution in [0.4, 0.5) is 10.6 Å². The van der Waals surface area contributed by atoms with Crippen LogP contribution in [0.15, 0.2) is 48.5 Å². The second-order valence-corrected chi connectivity index (χ2v) is 6.62. The second-order valence-electron chi connectivity index (χ2n) is 6.62. The molecular weight excluding hydrogens is 318 g/mol. The van der Waals surface area contributed by atoms with E-state index in [0.717, 1.165) is 12.0 Å². The van der Waals surface area contributed by atoms with Crippen LogP contribution < -0.4 is 5.32 Å². The minimum Gasteiger partial charge on any atom is -0.444 e. The molecule has 0 aliphatic heterocycles. The SMILES string of the molecule is CC(C)(C)OC(=O)Nc1c2cc(C=O)ccc2nn1-c1ccccc1. The van der Waals surface area contributed by atoms with Crippen LogP contribution >= 0.6 is 0 Å². The molecule has 0 aliphatic carbocycles. The number of rotatable bonds is 3. The summed E-state index contributed by atoms with van der Waals surface area (Å²) in [5, 5.41) is 7.97. The molecule has 2 aromatic carbocycles. The maximum absolute atomic E-state index is 12.3. The maximum Gasteiger partial charge on any atom is 0.413 e. The smallest absolute Gasteiger partial charge is 0.413 e. The Morgan fingerprint density at radius 1 is 1.16 bits per heavy atom. The first-order valence-electron chi connectivity index (χ1n) is 7.91. The third-order valence-corrected chi connectivity index (χ3v) is 3.45. The molecule has 3 rings (SSSR count). The lowest BCUT2D eigenvalue weighted by Crippen LogP contribution is -2.28. The van der Waals surface area contributed by atoms with E-state index in [0.29, 0.717) is 22.3 Å². The second kappa shape index (κ2) is 6.39. The molecule has 0 fully saturated rings. The summed E-state index contributed by atoms with van der Waals surface area (Å²) in [6, 6.07) is 14.6. The average Bonchev–Trinajstić information content (AvgIpc) is 2.91. The van der Waals surface area contributed by atoms with Gasteiger partial charge in [0.15, 0.2) is 0 Å². The molecule has 0 bridgehead atoms. The van der Waals surface area contributed by atoms with Gasteiger partial charge in [-0.3, -0.25) is 10.1 Å². The van der Waals surface area contributed by atoms with Crippen LogP contribution in [0.3, 0.4) is 0 Å². The fraction of sp³-hybridized carbons (Fsp3) is 0.211. The molecule has 25 heavy (non-hydrogen) atoms. The number of carbonyl (C=O) groups excluding carboxylic acids is 2. The molecule has 0 atom stereocenters. The number of nitrogens with zero attached hydrogens (tertiary/aromatic N) is 2. The number of hydrogen-bond acceptors (Lipinski definition) is 4. The van der Waals surface area contributed by atoms with Crippen molar-refractivity contribution in [3.05, 3.63) is 54.1 Å². The molecule has 0 spiro atoms. The van der Waals surface area contributed by atoms with E-state index < -0.39 is 11.7 Å². The molecule has 0 radical (unpaired) electrons. The van der Waals surface area contributed by atoms with E-state index in [1.807, 2.05) is 30.3 Å². The van der Waals surface area contributed by atoms with Gasteiger partial charge in [0.1, 0.15) is 17.7 Å². The number of hydrogen-bond donors (Lipinski definition) is 1. The van der Waals surface area contributed by atoms with Gasteiger partial charge in [0.2, 0.25) is 0 Å². The zero-order valence-electron chi connectivity index (χ0n) is 14.3. The largest absolute Gasteiger partial charge is 0.444 e. The molecule has 0 unspecified atom stereocenters. The van der Waals surface area contributed by atoms with Crippen LogP contribution in [0.5, 0.6) is 0 Å². The Labute approximate surface area is 145 Å². The first-order valence-corrected chi connectivity index (χ1v) is 7.91. The summed E-state index contributed by atoms with van der Waals surface area (Å²) in [5.41, 5.74) is 1.34. The molecular formula is C19H19N3O3. The van der Waals surface area contributed by atoms with E-state index in [9.17, 15) is 9.59 Å². The third-order valence-electron chi connectivity index (χ3n) is 3.45. The van der Waals surface area contributed by atoms with Gasteiger partial charge >= 0.3 is 6.09 Å². The summed E-state index contributed by atoms with van der Waals surface area (Å²) in [6.45, 7) is 5.39. The standard InChI is InChI=1S/C19H19N3O3/c1-19(2,3)25-18(24)20-17-15-11-13(12-23)9-10-16(15)21-22(17)14-7-5-4-6-8-14/h4-12H,1-3H3,(H,20,24). The lowest BCUT2D eigenvalue weighted by atomic mass is 10.1. The fourth-order valence-electron chi connectivity index (χ4n) is 2.45. The van der Waals surface area contributed by atoms with E-state index in [4.69, 9.17) is 4.74 Å². The van der Waals surface area contributed by atoms with Crippen LogP contribution in [0.2, 0.25) is 0 Å². The summed E-state index contributed by atoms with van der Waals surface area (Å²) in [5.74, 6) is 0.458. The molecule has 3 aromatic rings. The molecule has 1 N–H and O–H groups in total. The maximum atomic E-state index is 12.3. The number of amides is 1. The monoisotopic (exact) mass is 337 g/mol. The zero-order chi connectivity index (χ0) is 18.0. The number of carbonyl (C=O) groups is 2. The van der Waals surface area contributed by atoms with Gasteiger partial charge in [-0.05, 0) is 51.1 Å². The number of aromatic nitrogens is 2. The van der Waals surface area contributed by atoms with Crippen molar-refractivity contribution in [2.45, 2.75) is 26.4 Å². The number of aldehydes is 1. The Hall–Kier alpha value is -3.15. The Bertz CT molecular complexity index is 924. The van der Waals surface area contributed by atoms with E-state index in [1.54, 1.807) is 43.7 Å². The molecule has 0 saturated heterocycles. The number of anilines is 1. The predicted octanol–water partition coefficient (Wildman–Crippen LogP) is 4.19. The van der Waals surface area contributed by atoms with Gasteiger partial charge in [0.25, 0.3) is 0 Å². The summed E-state index contributed by atoms with van der Waals surface area (Å²) in [7, 11) is 0. The summed E-state index contributed by atoms with van der Waals surface area (Å²) < 4.78 is 6.97. The first kappa shape index (κ1) is 16.7. The van der Waals surface area contributed by atoms with E-state index in [2.05, 4.69) is 10.4 Å². The van der Waals surface area contributed by atoms with Gasteiger partial charge in [0.05, 0.1) is 11.2 Å². The van der Waals surface area contributed by atoms with Crippen molar-refractivity contribution in [1.82, 2.24) is 9.78 Å². The average molecular weight is 337 g/mol. The highest BCUT2D eigenvalue weighted by Gasteiger charge is 2.20. The lowest BCUT2D eigenvalue weighted by molar-refractivity contribution is 0.0635. The third kappa shape index (κ3) is 3.68. The minimum absolute atomic E-state index is 0.458. The molecule has 1 aromatic heterocycles. The zero-order valence-corrected chi connectivity index (χ0v) is 14.3. The van der Waals surface area contributed by atoms with Crippen molar-refractivity contribution in [3.8, 4) is 5.69 Å². The Morgan fingerprint density at radius 2 is 1.88 bits per heavy atom. The lowest BCUT2D eigenvalue weighted by Gasteiger charge is -2.20. The summed E-state index contributed by atoms with van der Waals surface area (Å²) in [4.78, 5) is 23.4. The molecule has 128 valence electrons. The molecule has 0 saturated carbocycles. The molecule has 0 aliphatic rings. The summed E-state index contributed by atoms with van der Waals surface area (Å²) in [6.07, 6.45) is 0.180. The molecule has 6 nitrogen and oxygen atoms in total. The highest BCUT2D eigenvalue weighted by atomic mass is 16.6. The number of benzene rings is 2. The number of ether oxygens (including phenoxy) is 1. The first-order chi connectivity index (χ1) is 11.9. The molecule has 6 heteroatoms. The topological polar surface area (TPSA) is 73.2 Å². The van der Waals surface area contributed by atoms with Crippen LogP contribution in [0.1, 0.15) is 31.1 Å². The highest BCUT2D eigenvalue weighted by molar-refractivity contribution is 6.00. The predicted molar refractivity (Wildman–Crippen MR) is 96.3 cm³/mol. The van der Waals surface area contributed by atoms with Crippen molar-refractivity contribution in [2.24, 2.45) is 0 Å². The normalized spacial score (nSPS) is 11.3. The van der Waals surface area contributed by atoms with E-state index in [1.165, 1.54) is 0 Å². The minimum atomic E-state index is -0.620. The van der Waals surface area contributed by atoms with E-state index in [-0.39, 0.29) is 0 Å². The Balaban J connectivity index is 2.12. The van der Waals surface area contributed by atoms with Gasteiger partial charge in [-0.2, -0.15) is 5.10 Å². The van der Waals surface area contributed by atoms with Gasteiger partial charge in [-0.25, -0.2) is 9.48 Å².